The first-order valence-electron chi connectivity index (χ1n) is 4.98. The van der Waals surface area contributed by atoms with E-state index in [1.54, 1.807) is 0 Å². The molecule has 0 aromatic heterocycles. The molecule has 0 heterocycles. The van der Waals surface area contributed by atoms with E-state index in [-0.39, 0.29) is 12.1 Å². The predicted molar refractivity (Wildman–Crippen MR) is 52.6 cm³/mol. The van der Waals surface area contributed by atoms with Crippen molar-refractivity contribution in [3.05, 3.63) is 29.3 Å². The Hall–Kier alpha value is -1.16. The molecule has 3 N–H and O–H groups in total. The Labute approximate surface area is 86.7 Å². The molecule has 15 heavy (non-hydrogen) atoms. The summed E-state index contributed by atoms with van der Waals surface area (Å²) in [5.74, 6) is -1.98. The second kappa shape index (κ2) is 3.45. The number of aromatic hydroxyl groups is 1. The summed E-state index contributed by atoms with van der Waals surface area (Å²) in [5, 5.41) is 9.22. The highest BCUT2D eigenvalue weighted by Gasteiger charge is 2.42. The lowest BCUT2D eigenvalue weighted by Gasteiger charge is -2.41. The van der Waals surface area contributed by atoms with E-state index in [1.807, 2.05) is 0 Å². The van der Waals surface area contributed by atoms with E-state index in [0.29, 0.717) is 12.8 Å². The zero-order valence-corrected chi connectivity index (χ0v) is 8.26. The van der Waals surface area contributed by atoms with Gasteiger partial charge < -0.3 is 10.8 Å². The van der Waals surface area contributed by atoms with E-state index in [9.17, 15) is 13.9 Å². The van der Waals surface area contributed by atoms with Crippen LogP contribution < -0.4 is 5.73 Å². The van der Waals surface area contributed by atoms with Gasteiger partial charge in [-0.05, 0) is 25.0 Å². The third-order valence-corrected chi connectivity index (χ3v) is 3.30. The van der Waals surface area contributed by atoms with Crippen molar-refractivity contribution in [2.45, 2.75) is 24.7 Å². The lowest BCUT2D eigenvalue weighted by Crippen LogP contribution is -2.43. The molecular weight excluding hydrogens is 200 g/mol. The summed E-state index contributed by atoms with van der Waals surface area (Å²) in [7, 11) is 0. The minimum Gasteiger partial charge on any atom is -0.505 e. The fourth-order valence-corrected chi connectivity index (χ4v) is 2.19. The summed E-state index contributed by atoms with van der Waals surface area (Å²) in [6.07, 6.45) is 2.29. The van der Waals surface area contributed by atoms with Crippen LogP contribution in [-0.4, -0.2) is 11.7 Å². The van der Waals surface area contributed by atoms with Crippen LogP contribution in [0.4, 0.5) is 8.78 Å². The van der Waals surface area contributed by atoms with E-state index in [4.69, 9.17) is 5.73 Å². The Balaban J connectivity index is 2.55. The number of benzene rings is 1. The molecule has 0 atom stereocenters. The number of hydrogen-bond donors (Lipinski definition) is 2. The van der Waals surface area contributed by atoms with Crippen molar-refractivity contribution in [2.24, 2.45) is 5.73 Å². The number of phenolic OH excluding ortho intramolecular Hbond substituents is 1. The lowest BCUT2D eigenvalue weighted by molar-refractivity contribution is 0.233. The Bertz CT molecular complexity index is 383. The number of phenols is 1. The van der Waals surface area contributed by atoms with Crippen molar-refractivity contribution in [1.82, 2.24) is 0 Å². The van der Waals surface area contributed by atoms with E-state index in [2.05, 4.69) is 0 Å². The van der Waals surface area contributed by atoms with Crippen LogP contribution in [0.5, 0.6) is 5.75 Å². The van der Waals surface area contributed by atoms with Gasteiger partial charge in [-0.3, -0.25) is 0 Å². The van der Waals surface area contributed by atoms with Crippen molar-refractivity contribution in [2.75, 3.05) is 6.54 Å². The average molecular weight is 213 g/mol. The number of halogens is 2. The SMILES string of the molecule is NCC1(c2c(F)ccc(O)c2F)CCC1. The van der Waals surface area contributed by atoms with Crippen LogP contribution in [0.25, 0.3) is 0 Å². The third kappa shape index (κ3) is 1.40. The van der Waals surface area contributed by atoms with Gasteiger partial charge in [0.25, 0.3) is 0 Å². The molecule has 1 fully saturated rings. The second-order valence-electron chi connectivity index (χ2n) is 4.09. The van der Waals surface area contributed by atoms with Crippen LogP contribution in [0, 0.1) is 11.6 Å². The maximum absolute atomic E-state index is 13.6. The Morgan fingerprint density at radius 2 is 2.00 bits per heavy atom. The number of hydrogen-bond acceptors (Lipinski definition) is 2. The van der Waals surface area contributed by atoms with Crippen molar-refractivity contribution in [3.63, 3.8) is 0 Å². The van der Waals surface area contributed by atoms with Gasteiger partial charge in [-0.25, -0.2) is 8.78 Å². The van der Waals surface area contributed by atoms with Gasteiger partial charge in [0.15, 0.2) is 11.6 Å². The normalized spacial score (nSPS) is 18.6. The summed E-state index contributed by atoms with van der Waals surface area (Å²) in [6.45, 7) is 0.213. The minimum absolute atomic E-state index is 0.0451. The summed E-state index contributed by atoms with van der Waals surface area (Å²) in [5.41, 5.74) is 4.92. The van der Waals surface area contributed by atoms with Crippen LogP contribution in [-0.2, 0) is 5.41 Å². The Morgan fingerprint density at radius 3 is 2.47 bits per heavy atom. The summed E-state index contributed by atoms with van der Waals surface area (Å²) in [4.78, 5) is 0. The Morgan fingerprint density at radius 1 is 1.33 bits per heavy atom. The van der Waals surface area contributed by atoms with Crippen LogP contribution in [0.15, 0.2) is 12.1 Å². The maximum Gasteiger partial charge on any atom is 0.171 e. The van der Waals surface area contributed by atoms with Gasteiger partial charge in [-0.15, -0.1) is 0 Å². The van der Waals surface area contributed by atoms with Gasteiger partial charge in [0.1, 0.15) is 5.82 Å². The summed E-state index contributed by atoms with van der Waals surface area (Å²) >= 11 is 0. The Kier molecular flexibility index (Phi) is 2.38. The molecule has 4 heteroatoms. The molecule has 1 aromatic rings. The molecule has 0 spiro atoms. The predicted octanol–water partition coefficient (Wildman–Crippen LogP) is 2.05. The number of nitrogens with two attached hydrogens (primary N) is 1. The average Bonchev–Trinajstić information content (AvgIpc) is 2.16. The monoisotopic (exact) mass is 213 g/mol. The van der Waals surface area contributed by atoms with E-state index >= 15 is 0 Å². The van der Waals surface area contributed by atoms with Gasteiger partial charge in [0.05, 0.1) is 0 Å². The highest BCUT2D eigenvalue weighted by molar-refractivity contribution is 5.38. The highest BCUT2D eigenvalue weighted by Crippen LogP contribution is 2.46. The smallest absolute Gasteiger partial charge is 0.171 e. The lowest BCUT2D eigenvalue weighted by atomic mass is 9.64. The molecule has 0 bridgehead atoms. The van der Waals surface area contributed by atoms with Crippen molar-refractivity contribution >= 4 is 0 Å². The molecule has 82 valence electrons. The van der Waals surface area contributed by atoms with E-state index in [1.165, 1.54) is 0 Å². The zero-order valence-electron chi connectivity index (χ0n) is 8.26. The molecule has 1 aromatic carbocycles. The van der Waals surface area contributed by atoms with Crippen molar-refractivity contribution in [3.8, 4) is 5.75 Å². The molecule has 0 amide bonds. The quantitative estimate of drug-likeness (QED) is 0.789. The molecule has 1 aliphatic rings. The highest BCUT2D eigenvalue weighted by atomic mass is 19.1. The molecule has 1 saturated carbocycles. The molecule has 0 aliphatic heterocycles. The minimum atomic E-state index is -0.861. The largest absolute Gasteiger partial charge is 0.505 e. The topological polar surface area (TPSA) is 46.2 Å². The standard InChI is InChI=1S/C11H13F2NO/c12-7-2-3-8(15)10(13)9(7)11(6-14)4-1-5-11/h2-3,15H,1,4-6,14H2. The maximum atomic E-state index is 13.6. The first kappa shape index (κ1) is 10.4. The van der Waals surface area contributed by atoms with Crippen molar-refractivity contribution < 1.29 is 13.9 Å². The van der Waals surface area contributed by atoms with Crippen molar-refractivity contribution in [1.29, 1.82) is 0 Å². The molecule has 2 nitrogen and oxygen atoms in total. The third-order valence-electron chi connectivity index (χ3n) is 3.30. The molecule has 0 radical (unpaired) electrons. The van der Waals surface area contributed by atoms with Gasteiger partial charge in [-0.1, -0.05) is 6.42 Å². The number of rotatable bonds is 2. The molecule has 2 rings (SSSR count). The molecule has 1 aliphatic carbocycles. The van der Waals surface area contributed by atoms with Gasteiger partial charge in [0, 0.05) is 17.5 Å². The fraction of sp³-hybridized carbons (Fsp3) is 0.455. The van der Waals surface area contributed by atoms with Gasteiger partial charge in [-0.2, -0.15) is 0 Å². The molecule has 0 saturated heterocycles. The second-order valence-corrected chi connectivity index (χ2v) is 4.09. The van der Waals surface area contributed by atoms with Crippen LogP contribution in [0.2, 0.25) is 0 Å². The van der Waals surface area contributed by atoms with E-state index in [0.717, 1.165) is 18.6 Å². The molecule has 0 unspecified atom stereocenters. The fourth-order valence-electron chi connectivity index (χ4n) is 2.19. The zero-order chi connectivity index (χ0) is 11.1. The van der Waals surface area contributed by atoms with E-state index < -0.39 is 22.8 Å². The first-order valence-corrected chi connectivity index (χ1v) is 4.98. The first-order chi connectivity index (χ1) is 7.10. The van der Waals surface area contributed by atoms with Crippen LogP contribution in [0.1, 0.15) is 24.8 Å². The summed E-state index contributed by atoms with van der Waals surface area (Å²) < 4.78 is 27.1. The summed E-state index contributed by atoms with van der Waals surface area (Å²) in [6, 6.07) is 2.11. The van der Waals surface area contributed by atoms with Gasteiger partial charge >= 0.3 is 0 Å². The molecular formula is C11H13F2NO. The van der Waals surface area contributed by atoms with Gasteiger partial charge in [0.2, 0.25) is 0 Å². The van der Waals surface area contributed by atoms with Crippen LogP contribution >= 0.6 is 0 Å². The van der Waals surface area contributed by atoms with Crippen LogP contribution in [0.3, 0.4) is 0 Å².